The monoisotopic (exact) mass is 689 g/mol. The Morgan fingerprint density at radius 3 is 1.70 bits per heavy atom. The summed E-state index contributed by atoms with van der Waals surface area (Å²) in [6, 6.07) is 75.9. The Morgan fingerprint density at radius 2 is 0.907 bits per heavy atom. The lowest BCUT2D eigenvalue weighted by atomic mass is 9.93. The SMILES string of the molecule is c1ccc(-c2ccc(-c3c(N(c4ccc(-c5ccc6ccccc6c5)cc4)c4ccccc4-c4ccccc4)ccc4oc5ccccc5c34)cc2)cc1. The molecule has 54 heavy (non-hydrogen) atoms. The molecule has 9 aromatic carbocycles. The van der Waals surface area contributed by atoms with E-state index in [0.29, 0.717) is 0 Å². The lowest BCUT2D eigenvalue weighted by molar-refractivity contribution is 0.669. The second-order valence-electron chi connectivity index (χ2n) is 13.7. The molecule has 2 heteroatoms. The van der Waals surface area contributed by atoms with E-state index in [1.54, 1.807) is 0 Å². The second kappa shape index (κ2) is 13.4. The standard InChI is InChI=1S/C52H35NO/c1-3-13-36(14-4-1)38-23-26-41(27-24-38)51-48(33-34-50-52(51)46-20-10-12-22-49(46)54-50)53(47-21-11-9-19-45(47)40-16-5-2-6-17-40)44-31-29-39(30-32-44)43-28-25-37-15-7-8-18-42(37)35-43/h1-35H. The zero-order chi connectivity index (χ0) is 35.8. The molecule has 0 amide bonds. The Morgan fingerprint density at radius 1 is 0.333 bits per heavy atom. The molecule has 0 saturated carbocycles. The van der Waals surface area contributed by atoms with Gasteiger partial charge in [0.1, 0.15) is 11.2 Å². The highest BCUT2D eigenvalue weighted by Gasteiger charge is 2.24. The molecule has 10 aromatic rings. The number of hydrogen-bond acceptors (Lipinski definition) is 2. The number of furan rings is 1. The van der Waals surface area contributed by atoms with E-state index in [1.165, 1.54) is 33.0 Å². The van der Waals surface area contributed by atoms with Gasteiger partial charge in [0.25, 0.3) is 0 Å². The highest BCUT2D eigenvalue weighted by Crippen LogP contribution is 2.49. The first-order valence-electron chi connectivity index (χ1n) is 18.4. The molecule has 0 atom stereocenters. The van der Waals surface area contributed by atoms with Crippen molar-refractivity contribution in [2.24, 2.45) is 0 Å². The maximum Gasteiger partial charge on any atom is 0.136 e. The van der Waals surface area contributed by atoms with Crippen molar-refractivity contribution >= 4 is 49.8 Å². The van der Waals surface area contributed by atoms with Crippen molar-refractivity contribution in [1.82, 2.24) is 0 Å². The van der Waals surface area contributed by atoms with Crippen LogP contribution in [0.1, 0.15) is 0 Å². The molecule has 0 unspecified atom stereocenters. The van der Waals surface area contributed by atoms with E-state index < -0.39 is 0 Å². The van der Waals surface area contributed by atoms with Crippen molar-refractivity contribution in [3.63, 3.8) is 0 Å². The number of hydrogen-bond donors (Lipinski definition) is 0. The summed E-state index contributed by atoms with van der Waals surface area (Å²) in [5.74, 6) is 0. The lowest BCUT2D eigenvalue weighted by Gasteiger charge is -2.30. The quantitative estimate of drug-likeness (QED) is 0.166. The molecule has 0 aliphatic carbocycles. The molecule has 0 fully saturated rings. The Labute approximate surface area is 314 Å². The van der Waals surface area contributed by atoms with Crippen LogP contribution in [0.5, 0.6) is 0 Å². The van der Waals surface area contributed by atoms with Crippen molar-refractivity contribution in [2.75, 3.05) is 4.90 Å². The van der Waals surface area contributed by atoms with Crippen LogP contribution in [0, 0.1) is 0 Å². The van der Waals surface area contributed by atoms with Crippen LogP contribution in [0.4, 0.5) is 17.1 Å². The topological polar surface area (TPSA) is 16.4 Å². The van der Waals surface area contributed by atoms with Crippen LogP contribution in [0.3, 0.4) is 0 Å². The van der Waals surface area contributed by atoms with Crippen LogP contribution in [-0.4, -0.2) is 0 Å². The summed E-state index contributed by atoms with van der Waals surface area (Å²) in [6.07, 6.45) is 0. The summed E-state index contributed by atoms with van der Waals surface area (Å²) in [4.78, 5) is 2.42. The van der Waals surface area contributed by atoms with E-state index >= 15 is 0 Å². The predicted octanol–water partition coefficient (Wildman–Crippen LogP) is 14.9. The number of benzene rings is 9. The fraction of sp³-hybridized carbons (Fsp3) is 0. The molecule has 0 saturated heterocycles. The maximum absolute atomic E-state index is 6.52. The van der Waals surface area contributed by atoms with E-state index in [1.807, 2.05) is 6.07 Å². The van der Waals surface area contributed by atoms with Crippen molar-refractivity contribution < 1.29 is 4.42 Å². The average molecular weight is 690 g/mol. The van der Waals surface area contributed by atoms with Gasteiger partial charge in [-0.2, -0.15) is 0 Å². The Hall–Kier alpha value is -7.16. The third-order valence-electron chi connectivity index (χ3n) is 10.5. The summed E-state index contributed by atoms with van der Waals surface area (Å²) < 4.78 is 6.52. The fourth-order valence-electron chi connectivity index (χ4n) is 7.85. The van der Waals surface area contributed by atoms with Gasteiger partial charge in [-0.3, -0.25) is 0 Å². The molecule has 0 spiro atoms. The zero-order valence-corrected chi connectivity index (χ0v) is 29.6. The Kier molecular flexibility index (Phi) is 7.85. The third kappa shape index (κ3) is 5.62. The first-order valence-corrected chi connectivity index (χ1v) is 18.4. The number of fused-ring (bicyclic) bond motifs is 4. The van der Waals surface area contributed by atoms with Gasteiger partial charge in [-0.25, -0.2) is 0 Å². The first-order chi connectivity index (χ1) is 26.8. The van der Waals surface area contributed by atoms with Crippen LogP contribution in [0.15, 0.2) is 217 Å². The molecule has 1 aromatic heterocycles. The van der Waals surface area contributed by atoms with Gasteiger partial charge in [-0.05, 0) is 86.6 Å². The summed E-state index contributed by atoms with van der Waals surface area (Å²) in [7, 11) is 0. The first kappa shape index (κ1) is 31.6. The molecule has 0 bridgehead atoms. The third-order valence-corrected chi connectivity index (χ3v) is 10.5. The van der Waals surface area contributed by atoms with Gasteiger partial charge < -0.3 is 9.32 Å². The molecule has 2 nitrogen and oxygen atoms in total. The number of para-hydroxylation sites is 2. The van der Waals surface area contributed by atoms with Gasteiger partial charge in [-0.15, -0.1) is 0 Å². The maximum atomic E-state index is 6.52. The molecular weight excluding hydrogens is 655 g/mol. The molecular formula is C52H35NO. The molecule has 0 aliphatic rings. The van der Waals surface area contributed by atoms with Crippen molar-refractivity contribution in [3.8, 4) is 44.5 Å². The predicted molar refractivity (Wildman–Crippen MR) is 228 cm³/mol. The van der Waals surface area contributed by atoms with E-state index in [2.05, 4.69) is 211 Å². The van der Waals surface area contributed by atoms with Crippen molar-refractivity contribution in [3.05, 3.63) is 212 Å². The van der Waals surface area contributed by atoms with E-state index in [9.17, 15) is 0 Å². The summed E-state index contributed by atoms with van der Waals surface area (Å²) in [6.45, 7) is 0. The minimum Gasteiger partial charge on any atom is -0.456 e. The summed E-state index contributed by atoms with van der Waals surface area (Å²) >= 11 is 0. The molecule has 10 rings (SSSR count). The second-order valence-corrected chi connectivity index (χ2v) is 13.7. The molecule has 0 N–H and O–H groups in total. The number of anilines is 3. The van der Waals surface area contributed by atoms with E-state index in [0.717, 1.165) is 61.3 Å². The molecule has 0 radical (unpaired) electrons. The average Bonchev–Trinajstić information content (AvgIpc) is 3.63. The smallest absolute Gasteiger partial charge is 0.136 e. The van der Waals surface area contributed by atoms with Crippen LogP contribution in [0.2, 0.25) is 0 Å². The van der Waals surface area contributed by atoms with Gasteiger partial charge in [0.05, 0.1) is 11.4 Å². The van der Waals surface area contributed by atoms with Gasteiger partial charge in [-0.1, -0.05) is 170 Å². The van der Waals surface area contributed by atoms with Crippen LogP contribution in [0.25, 0.3) is 77.2 Å². The Bertz CT molecular complexity index is 2910. The fourth-order valence-corrected chi connectivity index (χ4v) is 7.85. The minimum absolute atomic E-state index is 0.866. The highest BCUT2D eigenvalue weighted by atomic mass is 16.3. The van der Waals surface area contributed by atoms with E-state index in [4.69, 9.17) is 4.42 Å². The zero-order valence-electron chi connectivity index (χ0n) is 29.6. The number of nitrogens with zero attached hydrogens (tertiary/aromatic N) is 1. The van der Waals surface area contributed by atoms with Crippen LogP contribution < -0.4 is 4.90 Å². The van der Waals surface area contributed by atoms with Crippen LogP contribution in [-0.2, 0) is 0 Å². The van der Waals surface area contributed by atoms with Gasteiger partial charge in [0.15, 0.2) is 0 Å². The normalized spacial score (nSPS) is 11.3. The summed E-state index contributed by atoms with van der Waals surface area (Å²) in [5.41, 5.74) is 14.3. The molecule has 254 valence electrons. The molecule has 0 aliphatic heterocycles. The van der Waals surface area contributed by atoms with Gasteiger partial charge in [0.2, 0.25) is 0 Å². The van der Waals surface area contributed by atoms with Crippen molar-refractivity contribution in [1.29, 1.82) is 0 Å². The summed E-state index contributed by atoms with van der Waals surface area (Å²) in [5, 5.41) is 4.68. The lowest BCUT2D eigenvalue weighted by Crippen LogP contribution is -2.12. The van der Waals surface area contributed by atoms with Crippen molar-refractivity contribution in [2.45, 2.75) is 0 Å². The largest absolute Gasteiger partial charge is 0.456 e. The van der Waals surface area contributed by atoms with E-state index in [-0.39, 0.29) is 0 Å². The highest BCUT2D eigenvalue weighted by molar-refractivity contribution is 6.16. The minimum atomic E-state index is 0.866. The van der Waals surface area contributed by atoms with Gasteiger partial charge in [0, 0.05) is 27.6 Å². The number of rotatable bonds is 7. The van der Waals surface area contributed by atoms with Gasteiger partial charge >= 0.3 is 0 Å². The molecule has 1 heterocycles. The Balaban J connectivity index is 1.21. The van der Waals surface area contributed by atoms with Crippen LogP contribution >= 0.6 is 0 Å².